The molecule has 1 aromatic rings. The Balaban J connectivity index is 2.95. The molecule has 29 heavy (non-hydrogen) atoms. The van der Waals surface area contributed by atoms with Crippen molar-refractivity contribution in [3.63, 3.8) is 0 Å². The summed E-state index contributed by atoms with van der Waals surface area (Å²) in [6, 6.07) is 0. The smallest absolute Gasteiger partial charge is 0.200 e. The highest BCUT2D eigenvalue weighted by Crippen LogP contribution is 2.35. The largest absolute Gasteiger partial charge is 0.353 e. The summed E-state index contributed by atoms with van der Waals surface area (Å²) in [7, 11) is 3.00. The van der Waals surface area contributed by atoms with E-state index in [9.17, 15) is 22.0 Å². The number of benzene rings is 1. The van der Waals surface area contributed by atoms with Crippen molar-refractivity contribution in [1.82, 2.24) is 0 Å². The van der Waals surface area contributed by atoms with Crippen molar-refractivity contribution in [2.75, 3.05) is 14.2 Å². The summed E-state index contributed by atoms with van der Waals surface area (Å²) in [5.74, 6) is -10.7. The maximum Gasteiger partial charge on any atom is 0.200 e. The van der Waals surface area contributed by atoms with Gasteiger partial charge in [-0.05, 0) is 25.7 Å². The van der Waals surface area contributed by atoms with Crippen LogP contribution in [0.4, 0.5) is 22.0 Å². The molecule has 0 aliphatic heterocycles. The van der Waals surface area contributed by atoms with Gasteiger partial charge in [-0.2, -0.15) is 0 Å². The van der Waals surface area contributed by atoms with E-state index in [0.717, 1.165) is 32.1 Å². The lowest BCUT2D eigenvalue weighted by molar-refractivity contribution is -0.244. The summed E-state index contributed by atoms with van der Waals surface area (Å²) in [6.45, 7) is 4.02. The van der Waals surface area contributed by atoms with E-state index in [1.165, 1.54) is 20.6 Å². The molecule has 0 spiro atoms. The van der Waals surface area contributed by atoms with E-state index in [2.05, 4.69) is 6.92 Å². The van der Waals surface area contributed by atoms with Crippen LogP contribution >= 0.6 is 0 Å². The Hall–Kier alpha value is -1.21. The summed E-state index contributed by atoms with van der Waals surface area (Å²) in [5, 5.41) is 0. The molecular weight excluding hydrogens is 391 g/mol. The Morgan fingerprint density at radius 2 is 1.17 bits per heavy atom. The van der Waals surface area contributed by atoms with E-state index in [1.807, 2.05) is 6.92 Å². The third kappa shape index (κ3) is 6.38. The van der Waals surface area contributed by atoms with Gasteiger partial charge < -0.3 is 9.47 Å². The van der Waals surface area contributed by atoms with Gasteiger partial charge >= 0.3 is 0 Å². The Morgan fingerprint density at radius 3 is 1.66 bits per heavy atom. The molecule has 0 saturated carbocycles. The topological polar surface area (TPSA) is 18.5 Å². The fourth-order valence-electron chi connectivity index (χ4n) is 3.94. The second-order valence-corrected chi connectivity index (χ2v) is 7.41. The van der Waals surface area contributed by atoms with E-state index >= 15 is 0 Å². The van der Waals surface area contributed by atoms with Crippen molar-refractivity contribution in [3.05, 3.63) is 34.6 Å². The molecule has 0 N–H and O–H groups in total. The van der Waals surface area contributed by atoms with Gasteiger partial charge in [0, 0.05) is 25.7 Å². The number of halogens is 5. The predicted molar refractivity (Wildman–Crippen MR) is 103 cm³/mol. The van der Waals surface area contributed by atoms with Crippen LogP contribution in [-0.4, -0.2) is 20.0 Å². The van der Waals surface area contributed by atoms with Gasteiger partial charge in [-0.15, -0.1) is 0 Å². The van der Waals surface area contributed by atoms with Crippen LogP contribution in [0.15, 0.2) is 0 Å². The molecule has 0 aromatic heterocycles. The van der Waals surface area contributed by atoms with Crippen molar-refractivity contribution in [2.24, 2.45) is 5.92 Å². The molecule has 0 radical (unpaired) electrons. The van der Waals surface area contributed by atoms with E-state index in [0.29, 0.717) is 12.8 Å². The third-order valence-corrected chi connectivity index (χ3v) is 5.76. The van der Waals surface area contributed by atoms with Crippen LogP contribution in [0.2, 0.25) is 0 Å². The second-order valence-electron chi connectivity index (χ2n) is 7.41. The van der Waals surface area contributed by atoms with Gasteiger partial charge in [-0.25, -0.2) is 22.0 Å². The van der Waals surface area contributed by atoms with Crippen molar-refractivity contribution in [3.8, 4) is 0 Å². The average Bonchev–Trinajstić information content (AvgIpc) is 2.74. The lowest BCUT2D eigenvalue weighted by atomic mass is 9.85. The summed E-state index contributed by atoms with van der Waals surface area (Å²) >= 11 is 0. The van der Waals surface area contributed by atoms with E-state index in [-0.39, 0.29) is 18.8 Å². The molecule has 1 rings (SSSR count). The highest BCUT2D eigenvalue weighted by molar-refractivity contribution is 5.24. The molecule has 0 amide bonds. The molecule has 0 fully saturated rings. The molecule has 168 valence electrons. The zero-order valence-electron chi connectivity index (χ0n) is 17.9. The van der Waals surface area contributed by atoms with Gasteiger partial charge in [0.05, 0.1) is 0 Å². The fraction of sp³-hybridized carbons (Fsp3) is 0.727. The zero-order chi connectivity index (χ0) is 22.0. The summed E-state index contributed by atoms with van der Waals surface area (Å²) in [5.41, 5.74) is -0.786. The number of unbranched alkanes of at least 4 members (excludes halogenated alkanes) is 5. The van der Waals surface area contributed by atoms with Crippen molar-refractivity contribution in [2.45, 2.75) is 83.8 Å². The summed E-state index contributed by atoms with van der Waals surface area (Å²) in [6.07, 6.45) is 7.52. The third-order valence-electron chi connectivity index (χ3n) is 5.76. The molecule has 7 heteroatoms. The first-order valence-electron chi connectivity index (χ1n) is 10.4. The molecule has 1 aromatic carbocycles. The Morgan fingerprint density at radius 1 is 0.690 bits per heavy atom. The highest BCUT2D eigenvalue weighted by atomic mass is 19.2. The fourth-order valence-corrected chi connectivity index (χ4v) is 3.94. The minimum atomic E-state index is -2.14. The molecule has 0 saturated heterocycles. The first kappa shape index (κ1) is 25.8. The molecule has 0 aliphatic carbocycles. The maximum atomic E-state index is 14.0. The summed E-state index contributed by atoms with van der Waals surface area (Å²) in [4.78, 5) is 0. The summed E-state index contributed by atoms with van der Waals surface area (Å²) < 4.78 is 79.5. The number of hydrogen-bond donors (Lipinski definition) is 0. The van der Waals surface area contributed by atoms with Gasteiger partial charge in [0.15, 0.2) is 29.1 Å². The van der Waals surface area contributed by atoms with Crippen LogP contribution in [0.5, 0.6) is 0 Å². The number of rotatable bonds is 14. The second kappa shape index (κ2) is 12.5. The number of methoxy groups -OCH3 is 2. The minimum Gasteiger partial charge on any atom is -0.353 e. The molecule has 0 heterocycles. The Kier molecular flexibility index (Phi) is 11.1. The van der Waals surface area contributed by atoms with Crippen LogP contribution in [0, 0.1) is 35.0 Å². The van der Waals surface area contributed by atoms with Gasteiger partial charge in [0.25, 0.3) is 0 Å². The molecule has 1 atom stereocenters. The maximum absolute atomic E-state index is 14.0. The predicted octanol–water partition coefficient (Wildman–Crippen LogP) is 7.08. The SMILES string of the molecule is CCCCCCCCC(CCc1c(F)c(F)c(F)c(F)c1F)C(CC)(OC)OC. The van der Waals surface area contributed by atoms with E-state index in [4.69, 9.17) is 9.47 Å². The van der Waals surface area contributed by atoms with Crippen molar-refractivity contribution in [1.29, 1.82) is 0 Å². The minimum absolute atomic E-state index is 0.183. The highest BCUT2D eigenvalue weighted by Gasteiger charge is 2.37. The lowest BCUT2D eigenvalue weighted by Gasteiger charge is -2.38. The van der Waals surface area contributed by atoms with Gasteiger partial charge in [0.2, 0.25) is 5.82 Å². The standard InChI is InChI=1S/C22H33F5O2/c1-5-7-8-9-10-11-12-15(22(6-2,28-3)29-4)13-14-16-17(23)19(25)21(27)20(26)18(16)24/h15H,5-14H2,1-4H3. The first-order chi connectivity index (χ1) is 13.8. The van der Waals surface area contributed by atoms with Crippen molar-refractivity contribution < 1.29 is 31.4 Å². The Bertz CT molecular complexity index is 595. The quantitative estimate of drug-likeness (QED) is 0.104. The van der Waals surface area contributed by atoms with Crippen LogP contribution in [0.25, 0.3) is 0 Å². The van der Waals surface area contributed by atoms with E-state index < -0.39 is 40.4 Å². The molecular formula is C22H33F5O2. The molecule has 2 nitrogen and oxygen atoms in total. The molecule has 0 bridgehead atoms. The van der Waals surface area contributed by atoms with Crippen LogP contribution in [-0.2, 0) is 15.9 Å². The lowest BCUT2D eigenvalue weighted by Crippen LogP contribution is -2.42. The average molecular weight is 424 g/mol. The first-order valence-corrected chi connectivity index (χ1v) is 10.4. The van der Waals surface area contributed by atoms with Gasteiger partial charge in [0.1, 0.15) is 0 Å². The molecule has 1 unspecified atom stereocenters. The number of ether oxygens (including phenoxy) is 2. The van der Waals surface area contributed by atoms with Gasteiger partial charge in [-0.1, -0.05) is 52.4 Å². The zero-order valence-corrected chi connectivity index (χ0v) is 17.9. The van der Waals surface area contributed by atoms with Gasteiger partial charge in [-0.3, -0.25) is 0 Å². The molecule has 0 aliphatic rings. The van der Waals surface area contributed by atoms with Crippen LogP contribution < -0.4 is 0 Å². The normalized spacial score (nSPS) is 13.1. The number of hydrogen-bond acceptors (Lipinski definition) is 2. The van der Waals surface area contributed by atoms with Crippen LogP contribution in [0.1, 0.15) is 77.2 Å². The van der Waals surface area contributed by atoms with E-state index in [1.54, 1.807) is 0 Å². The van der Waals surface area contributed by atoms with Crippen molar-refractivity contribution >= 4 is 0 Å². The van der Waals surface area contributed by atoms with Crippen LogP contribution in [0.3, 0.4) is 0 Å². The Labute approximate surface area is 170 Å². The monoisotopic (exact) mass is 424 g/mol.